The molecule has 0 aliphatic heterocycles. The van der Waals surface area contributed by atoms with Gasteiger partial charge in [0.1, 0.15) is 17.5 Å². The van der Waals surface area contributed by atoms with E-state index in [1.165, 1.54) is 22.9 Å². The maximum Gasteiger partial charge on any atom is 0.148 e. The molecule has 1 heterocycles. The monoisotopic (exact) mass is 223 g/mol. The Labute approximate surface area is 91.5 Å². The lowest BCUT2D eigenvalue weighted by Crippen LogP contribution is -2.05. The molecule has 0 saturated carbocycles. The number of rotatable bonds is 2. The van der Waals surface area contributed by atoms with E-state index in [0.29, 0.717) is 5.82 Å². The van der Waals surface area contributed by atoms with Gasteiger partial charge in [-0.3, -0.25) is 4.68 Å². The van der Waals surface area contributed by atoms with Gasteiger partial charge in [-0.25, -0.2) is 8.78 Å². The molecular weight excluding hydrogens is 212 g/mol. The number of halogens is 2. The minimum absolute atomic E-state index is 0.00926. The Morgan fingerprint density at radius 2 is 1.94 bits per heavy atom. The maximum absolute atomic E-state index is 13.3. The first-order valence-corrected chi connectivity index (χ1v) is 4.80. The largest absolute Gasteiger partial charge is 0.382 e. The summed E-state index contributed by atoms with van der Waals surface area (Å²) in [5.74, 6) is -0.782. The summed E-state index contributed by atoms with van der Waals surface area (Å²) in [7, 11) is 0. The molecule has 0 aliphatic carbocycles. The van der Waals surface area contributed by atoms with E-state index < -0.39 is 11.6 Å². The molecule has 0 amide bonds. The molecule has 0 fully saturated rings. The lowest BCUT2D eigenvalue weighted by Gasteiger charge is -2.04. The van der Waals surface area contributed by atoms with Crippen LogP contribution in [0.2, 0.25) is 0 Å². The fraction of sp³-hybridized carbons (Fsp3) is 0.182. The van der Waals surface area contributed by atoms with Gasteiger partial charge in [-0.2, -0.15) is 5.10 Å². The van der Waals surface area contributed by atoms with Gasteiger partial charge in [-0.15, -0.1) is 0 Å². The molecule has 0 radical (unpaired) electrons. The first-order valence-electron chi connectivity index (χ1n) is 4.80. The van der Waals surface area contributed by atoms with E-state index in [1.807, 2.05) is 0 Å². The minimum Gasteiger partial charge on any atom is -0.382 e. The highest BCUT2D eigenvalue weighted by molar-refractivity contribution is 5.36. The predicted octanol–water partition coefficient (Wildman–Crippen LogP) is 2.10. The Morgan fingerprint density at radius 1 is 1.31 bits per heavy atom. The van der Waals surface area contributed by atoms with E-state index in [9.17, 15) is 8.78 Å². The van der Waals surface area contributed by atoms with Crippen LogP contribution in [0.1, 0.15) is 11.1 Å². The number of nitrogens with zero attached hydrogens (tertiary/aromatic N) is 2. The van der Waals surface area contributed by atoms with E-state index >= 15 is 0 Å². The van der Waals surface area contributed by atoms with Crippen molar-refractivity contribution in [3.8, 4) is 0 Å². The van der Waals surface area contributed by atoms with Crippen molar-refractivity contribution in [1.82, 2.24) is 9.78 Å². The summed E-state index contributed by atoms with van der Waals surface area (Å²) in [6, 6.07) is 3.77. The molecule has 2 rings (SSSR count). The fourth-order valence-electron chi connectivity index (χ4n) is 1.46. The number of hydrogen-bond donors (Lipinski definition) is 1. The molecule has 2 N–H and O–H groups in total. The zero-order valence-corrected chi connectivity index (χ0v) is 8.74. The van der Waals surface area contributed by atoms with E-state index in [2.05, 4.69) is 5.10 Å². The van der Waals surface area contributed by atoms with Crippen molar-refractivity contribution in [2.45, 2.75) is 13.5 Å². The topological polar surface area (TPSA) is 43.8 Å². The second-order valence-electron chi connectivity index (χ2n) is 3.60. The Balaban J connectivity index is 2.33. The molecule has 0 saturated heterocycles. The van der Waals surface area contributed by atoms with Crippen molar-refractivity contribution in [1.29, 1.82) is 0 Å². The number of aryl methyl sites for hydroxylation is 1. The number of hydrogen-bond acceptors (Lipinski definition) is 2. The average Bonchev–Trinajstić information content (AvgIpc) is 2.53. The quantitative estimate of drug-likeness (QED) is 0.847. The molecule has 0 aliphatic rings. The molecule has 1 aromatic heterocycles. The number of nitrogens with two attached hydrogens (primary N) is 1. The van der Waals surface area contributed by atoms with Crippen LogP contribution in [0.3, 0.4) is 0 Å². The van der Waals surface area contributed by atoms with Crippen molar-refractivity contribution in [3.63, 3.8) is 0 Å². The molecular formula is C11H11F2N3. The highest BCUT2D eigenvalue weighted by atomic mass is 19.1. The molecule has 5 heteroatoms. The minimum atomic E-state index is -0.577. The standard InChI is InChI=1S/C11H11F2N3/c1-7-5-16(15-11(7)14)6-8-9(12)3-2-4-10(8)13/h2-5H,6H2,1H3,(H2,14,15). The van der Waals surface area contributed by atoms with Crippen molar-refractivity contribution in [2.24, 2.45) is 0 Å². The molecule has 84 valence electrons. The smallest absolute Gasteiger partial charge is 0.148 e. The molecule has 16 heavy (non-hydrogen) atoms. The number of aromatic nitrogens is 2. The van der Waals surface area contributed by atoms with Gasteiger partial charge in [0.15, 0.2) is 0 Å². The van der Waals surface area contributed by atoms with Gasteiger partial charge in [-0.1, -0.05) is 6.07 Å². The lowest BCUT2D eigenvalue weighted by molar-refractivity contribution is 0.533. The van der Waals surface area contributed by atoms with E-state index in [0.717, 1.165) is 5.56 Å². The van der Waals surface area contributed by atoms with E-state index in [-0.39, 0.29) is 12.1 Å². The molecule has 0 spiro atoms. The number of benzene rings is 1. The zero-order valence-electron chi connectivity index (χ0n) is 8.74. The van der Waals surface area contributed by atoms with Gasteiger partial charge in [0.2, 0.25) is 0 Å². The summed E-state index contributed by atoms with van der Waals surface area (Å²) < 4.78 is 28.1. The van der Waals surface area contributed by atoms with Gasteiger partial charge in [0, 0.05) is 17.3 Å². The summed E-state index contributed by atoms with van der Waals surface area (Å²) >= 11 is 0. The second kappa shape index (κ2) is 3.92. The van der Waals surface area contributed by atoms with Crippen molar-refractivity contribution in [2.75, 3.05) is 5.73 Å². The first kappa shape index (κ1) is 10.6. The Hall–Kier alpha value is -1.91. The maximum atomic E-state index is 13.3. The third-order valence-corrected chi connectivity index (χ3v) is 2.36. The lowest BCUT2D eigenvalue weighted by atomic mass is 10.2. The highest BCUT2D eigenvalue weighted by Gasteiger charge is 2.10. The molecule has 3 nitrogen and oxygen atoms in total. The van der Waals surface area contributed by atoms with Crippen LogP contribution in [-0.2, 0) is 6.54 Å². The Morgan fingerprint density at radius 3 is 2.44 bits per heavy atom. The molecule has 1 aromatic carbocycles. The van der Waals surface area contributed by atoms with Gasteiger partial charge in [0.05, 0.1) is 6.54 Å². The van der Waals surface area contributed by atoms with Gasteiger partial charge >= 0.3 is 0 Å². The normalized spacial score (nSPS) is 10.7. The van der Waals surface area contributed by atoms with E-state index in [4.69, 9.17) is 5.73 Å². The zero-order chi connectivity index (χ0) is 11.7. The van der Waals surface area contributed by atoms with Crippen LogP contribution in [-0.4, -0.2) is 9.78 Å². The summed E-state index contributed by atoms with van der Waals surface area (Å²) in [6.07, 6.45) is 1.65. The highest BCUT2D eigenvalue weighted by Crippen LogP contribution is 2.15. The van der Waals surface area contributed by atoms with Crippen LogP contribution in [0, 0.1) is 18.6 Å². The number of nitrogen functional groups attached to an aromatic ring is 1. The molecule has 0 unspecified atom stereocenters. The van der Waals surface area contributed by atoms with Crippen LogP contribution >= 0.6 is 0 Å². The third-order valence-electron chi connectivity index (χ3n) is 2.36. The van der Waals surface area contributed by atoms with Crippen LogP contribution in [0.4, 0.5) is 14.6 Å². The molecule has 2 aromatic rings. The van der Waals surface area contributed by atoms with Crippen molar-refractivity contribution in [3.05, 3.63) is 47.2 Å². The van der Waals surface area contributed by atoms with Crippen LogP contribution in [0.5, 0.6) is 0 Å². The Bertz CT molecular complexity index is 480. The average molecular weight is 223 g/mol. The Kier molecular flexibility index (Phi) is 2.60. The molecule has 0 atom stereocenters. The van der Waals surface area contributed by atoms with Gasteiger partial charge < -0.3 is 5.73 Å². The number of anilines is 1. The second-order valence-corrected chi connectivity index (χ2v) is 3.60. The van der Waals surface area contributed by atoms with Crippen LogP contribution in [0.15, 0.2) is 24.4 Å². The molecule has 0 bridgehead atoms. The van der Waals surface area contributed by atoms with Gasteiger partial charge in [0.25, 0.3) is 0 Å². The third kappa shape index (κ3) is 1.88. The first-order chi connectivity index (χ1) is 7.58. The van der Waals surface area contributed by atoms with Gasteiger partial charge in [-0.05, 0) is 19.1 Å². The summed E-state index contributed by atoms with van der Waals surface area (Å²) in [6.45, 7) is 1.83. The predicted molar refractivity (Wildman–Crippen MR) is 56.8 cm³/mol. The van der Waals surface area contributed by atoms with E-state index in [1.54, 1.807) is 13.1 Å². The summed E-state index contributed by atoms with van der Waals surface area (Å²) in [4.78, 5) is 0. The fourth-order valence-corrected chi connectivity index (χ4v) is 1.46. The van der Waals surface area contributed by atoms with Crippen molar-refractivity contribution >= 4 is 5.82 Å². The van der Waals surface area contributed by atoms with Crippen LogP contribution in [0.25, 0.3) is 0 Å². The SMILES string of the molecule is Cc1cn(Cc2c(F)cccc2F)nc1N. The van der Waals surface area contributed by atoms with Crippen LogP contribution < -0.4 is 5.73 Å². The summed E-state index contributed by atoms with van der Waals surface area (Å²) in [5.41, 5.74) is 6.33. The van der Waals surface area contributed by atoms with Crippen molar-refractivity contribution < 1.29 is 8.78 Å². The summed E-state index contributed by atoms with van der Waals surface area (Å²) in [5, 5.41) is 3.95.